The van der Waals surface area contributed by atoms with E-state index in [-0.39, 0.29) is 5.41 Å². The first-order valence-electron chi connectivity index (χ1n) is 18.9. The molecule has 1 aliphatic rings. The zero-order valence-electron chi connectivity index (χ0n) is 30.3. The molecule has 3 heterocycles. The van der Waals surface area contributed by atoms with E-state index in [9.17, 15) is 0 Å². The number of para-hydroxylation sites is 2. The van der Waals surface area contributed by atoms with Gasteiger partial charge in [0.15, 0.2) is 5.82 Å². The van der Waals surface area contributed by atoms with Crippen molar-refractivity contribution < 1.29 is 0 Å². The minimum atomic E-state index is -0.235. The Morgan fingerprint density at radius 2 is 1.22 bits per heavy atom. The summed E-state index contributed by atoms with van der Waals surface area (Å²) in [5.74, 6) is 0.744. The molecule has 3 aromatic heterocycles. The van der Waals surface area contributed by atoms with Crippen molar-refractivity contribution in [1.29, 1.82) is 0 Å². The van der Waals surface area contributed by atoms with Gasteiger partial charge >= 0.3 is 0 Å². The van der Waals surface area contributed by atoms with Crippen LogP contribution in [0.5, 0.6) is 0 Å². The first kappa shape index (κ1) is 30.8. The largest absolute Gasteiger partial charge is 0.309 e. The molecule has 1 aliphatic carbocycles. The highest BCUT2D eigenvalue weighted by atomic mass is 32.1. The maximum atomic E-state index is 5.22. The van der Waals surface area contributed by atoms with Gasteiger partial charge in [-0.25, -0.2) is 9.97 Å². The monoisotopic (exact) mass is 719 g/mol. The minimum Gasteiger partial charge on any atom is -0.309 e. The highest BCUT2D eigenvalue weighted by Crippen LogP contribution is 2.51. The smallest absolute Gasteiger partial charge is 0.160 e. The van der Waals surface area contributed by atoms with Crippen LogP contribution < -0.4 is 0 Å². The fourth-order valence-electron chi connectivity index (χ4n) is 9.33. The number of nitrogens with zero attached hydrogens (tertiary/aromatic N) is 3. The van der Waals surface area contributed by atoms with Crippen LogP contribution >= 0.6 is 11.3 Å². The molecule has 8 aromatic carbocycles. The SMILES string of the molecule is CC1(C)c2cc(-c3nc(-c4ccccc4)nc4ccccc34)ccc2-c2ccc(-n3c4ccccc4c4ccc5ccc6c7ccccc7sc6c5c43)cc21. The third kappa shape index (κ3) is 4.31. The van der Waals surface area contributed by atoms with Crippen LogP contribution in [0.1, 0.15) is 25.0 Å². The van der Waals surface area contributed by atoms with E-state index in [1.165, 1.54) is 80.7 Å². The Morgan fingerprint density at radius 3 is 2.07 bits per heavy atom. The van der Waals surface area contributed by atoms with Crippen LogP contribution in [0.3, 0.4) is 0 Å². The summed E-state index contributed by atoms with van der Waals surface area (Å²) in [4.78, 5) is 10.2. The summed E-state index contributed by atoms with van der Waals surface area (Å²) in [6.07, 6.45) is 0. The Labute approximate surface area is 321 Å². The van der Waals surface area contributed by atoms with Gasteiger partial charge in [-0.2, -0.15) is 0 Å². The van der Waals surface area contributed by atoms with Crippen LogP contribution in [0.25, 0.3) is 103 Å². The van der Waals surface area contributed by atoms with Crippen molar-refractivity contribution >= 4 is 75.0 Å². The molecule has 12 rings (SSSR count). The number of hydrogen-bond acceptors (Lipinski definition) is 3. The molecular weight excluding hydrogens is 687 g/mol. The molecule has 0 spiro atoms. The number of rotatable bonds is 3. The number of aromatic nitrogens is 3. The molecule has 0 unspecified atom stereocenters. The number of benzene rings is 8. The second kappa shape index (κ2) is 11.2. The van der Waals surface area contributed by atoms with E-state index in [2.05, 4.69) is 164 Å². The molecule has 0 bridgehead atoms. The molecule has 0 saturated carbocycles. The molecule has 3 nitrogen and oxygen atoms in total. The summed E-state index contributed by atoms with van der Waals surface area (Å²) >= 11 is 1.91. The Bertz CT molecular complexity index is 3400. The van der Waals surface area contributed by atoms with Gasteiger partial charge in [-0.1, -0.05) is 141 Å². The quantitative estimate of drug-likeness (QED) is 0.182. The van der Waals surface area contributed by atoms with Gasteiger partial charge in [-0.15, -0.1) is 11.3 Å². The van der Waals surface area contributed by atoms with Crippen LogP contribution in [0.2, 0.25) is 0 Å². The molecule has 0 radical (unpaired) electrons. The topological polar surface area (TPSA) is 30.7 Å². The lowest BCUT2D eigenvalue weighted by molar-refractivity contribution is 0.660. The minimum absolute atomic E-state index is 0.235. The highest BCUT2D eigenvalue weighted by Gasteiger charge is 2.36. The van der Waals surface area contributed by atoms with Crippen LogP contribution in [0, 0.1) is 0 Å². The Kier molecular flexibility index (Phi) is 6.27. The molecule has 0 fully saturated rings. The molecular formula is C51H33N3S. The normalized spacial score (nSPS) is 13.4. The van der Waals surface area contributed by atoms with E-state index in [1.807, 2.05) is 29.5 Å². The van der Waals surface area contributed by atoms with E-state index >= 15 is 0 Å². The summed E-state index contributed by atoms with van der Waals surface area (Å²) in [7, 11) is 0. The van der Waals surface area contributed by atoms with Crippen molar-refractivity contribution in [2.24, 2.45) is 0 Å². The van der Waals surface area contributed by atoms with Crippen molar-refractivity contribution in [2.45, 2.75) is 19.3 Å². The lowest BCUT2D eigenvalue weighted by Gasteiger charge is -2.23. The molecule has 0 atom stereocenters. The maximum absolute atomic E-state index is 5.22. The van der Waals surface area contributed by atoms with Crippen molar-refractivity contribution in [2.75, 3.05) is 0 Å². The average Bonchev–Trinajstić information content (AvgIpc) is 3.86. The van der Waals surface area contributed by atoms with Crippen LogP contribution in [0.4, 0.5) is 0 Å². The second-order valence-corrected chi connectivity index (χ2v) is 16.4. The van der Waals surface area contributed by atoms with Gasteiger partial charge in [0.1, 0.15) is 0 Å². The molecule has 0 aliphatic heterocycles. The summed E-state index contributed by atoms with van der Waals surface area (Å²) in [6.45, 7) is 4.75. The van der Waals surface area contributed by atoms with Gasteiger partial charge < -0.3 is 4.57 Å². The summed E-state index contributed by atoms with van der Waals surface area (Å²) in [5.41, 5.74) is 12.7. The molecule has 55 heavy (non-hydrogen) atoms. The molecule has 258 valence electrons. The van der Waals surface area contributed by atoms with Gasteiger partial charge in [0, 0.05) is 63.9 Å². The third-order valence-electron chi connectivity index (χ3n) is 12.0. The van der Waals surface area contributed by atoms with E-state index in [1.54, 1.807) is 0 Å². The van der Waals surface area contributed by atoms with E-state index in [0.29, 0.717) is 0 Å². The second-order valence-electron chi connectivity index (χ2n) is 15.3. The first-order chi connectivity index (χ1) is 27.0. The number of hydrogen-bond donors (Lipinski definition) is 0. The van der Waals surface area contributed by atoms with Gasteiger partial charge in [-0.3, -0.25) is 0 Å². The van der Waals surface area contributed by atoms with Crippen molar-refractivity contribution in [3.05, 3.63) is 175 Å². The molecule has 4 heteroatoms. The maximum Gasteiger partial charge on any atom is 0.160 e. The fraction of sp³-hybridized carbons (Fsp3) is 0.0588. The van der Waals surface area contributed by atoms with Gasteiger partial charge in [0.25, 0.3) is 0 Å². The third-order valence-corrected chi connectivity index (χ3v) is 13.2. The molecule has 0 amide bonds. The van der Waals surface area contributed by atoms with E-state index in [4.69, 9.17) is 9.97 Å². The first-order valence-corrected chi connectivity index (χ1v) is 19.7. The van der Waals surface area contributed by atoms with Gasteiger partial charge in [0.2, 0.25) is 0 Å². The zero-order chi connectivity index (χ0) is 36.4. The number of thiophene rings is 1. The van der Waals surface area contributed by atoms with E-state index in [0.717, 1.165) is 33.5 Å². The molecule has 0 saturated heterocycles. The lowest BCUT2D eigenvalue weighted by Crippen LogP contribution is -2.15. The van der Waals surface area contributed by atoms with Crippen molar-refractivity contribution in [3.8, 4) is 39.5 Å². The summed E-state index contributed by atoms with van der Waals surface area (Å²) in [5, 5.41) is 8.86. The standard InChI is InChI=1S/C51H33N3S/c1-51(2)41-28-32(47-40-16-6-9-17-43(40)52-50(53-47)31-12-4-3-5-13-31)22-24-34(41)35-27-23-33(29-42(35)51)54-44-18-10-7-14-36(44)38-25-20-30-21-26-39-37-15-8-11-19-45(37)55-49(39)46(30)48(38)54/h3-29H,1-2H3. The van der Waals surface area contributed by atoms with Gasteiger partial charge in [0.05, 0.1) is 22.2 Å². The predicted molar refractivity (Wildman–Crippen MR) is 233 cm³/mol. The Morgan fingerprint density at radius 1 is 0.527 bits per heavy atom. The van der Waals surface area contributed by atoms with Crippen LogP contribution in [0.15, 0.2) is 164 Å². The zero-order valence-corrected chi connectivity index (χ0v) is 31.2. The predicted octanol–water partition coefficient (Wildman–Crippen LogP) is 13.9. The average molecular weight is 720 g/mol. The van der Waals surface area contributed by atoms with Gasteiger partial charge in [-0.05, 0) is 64.0 Å². The summed E-state index contributed by atoms with van der Waals surface area (Å²) < 4.78 is 5.20. The lowest BCUT2D eigenvalue weighted by atomic mass is 9.81. The van der Waals surface area contributed by atoms with E-state index < -0.39 is 0 Å². The Hall–Kier alpha value is -6.62. The Balaban J connectivity index is 1.07. The molecule has 11 aromatic rings. The van der Waals surface area contributed by atoms with Crippen LogP contribution in [-0.2, 0) is 5.41 Å². The fourth-order valence-corrected chi connectivity index (χ4v) is 10.6. The summed E-state index contributed by atoms with van der Waals surface area (Å²) in [6, 6.07) is 59.7. The van der Waals surface area contributed by atoms with Crippen molar-refractivity contribution in [3.63, 3.8) is 0 Å². The van der Waals surface area contributed by atoms with Crippen molar-refractivity contribution in [1.82, 2.24) is 14.5 Å². The molecule has 0 N–H and O–H groups in total. The van der Waals surface area contributed by atoms with Crippen LogP contribution in [-0.4, -0.2) is 14.5 Å². The number of fused-ring (bicyclic) bond motifs is 13. The highest BCUT2D eigenvalue weighted by molar-refractivity contribution is 7.26.